The first-order valence-corrected chi connectivity index (χ1v) is 10.0. The van der Waals surface area contributed by atoms with Crippen molar-refractivity contribution in [2.45, 2.75) is 57.5 Å². The molecule has 2 heterocycles. The van der Waals surface area contributed by atoms with E-state index in [0.717, 1.165) is 42.8 Å². The van der Waals surface area contributed by atoms with Gasteiger partial charge in [0.15, 0.2) is 9.84 Å². The summed E-state index contributed by atoms with van der Waals surface area (Å²) in [5.74, 6) is 0.540. The summed E-state index contributed by atoms with van der Waals surface area (Å²) in [6, 6.07) is 0.484. The quantitative estimate of drug-likeness (QED) is 0.925. The monoisotopic (exact) mass is 314 g/mol. The zero-order valence-electron chi connectivity index (χ0n) is 12.1. The van der Waals surface area contributed by atoms with Gasteiger partial charge < -0.3 is 5.32 Å². The lowest BCUT2D eigenvalue weighted by Crippen LogP contribution is -2.51. The highest BCUT2D eigenvalue weighted by molar-refractivity contribution is 7.91. The van der Waals surface area contributed by atoms with Crippen LogP contribution in [0.1, 0.15) is 48.2 Å². The van der Waals surface area contributed by atoms with Gasteiger partial charge in [-0.3, -0.25) is 0 Å². The molecule has 1 aromatic rings. The number of hydrogen-bond acceptors (Lipinski definition) is 5. The van der Waals surface area contributed by atoms with E-state index in [1.807, 2.05) is 0 Å². The first kappa shape index (κ1) is 14.5. The Kier molecular flexibility index (Phi) is 3.67. The third-order valence-electron chi connectivity index (χ3n) is 4.22. The topological polar surface area (TPSA) is 59.1 Å². The Labute approximate surface area is 124 Å². The third kappa shape index (κ3) is 2.78. The second-order valence-corrected chi connectivity index (χ2v) is 9.46. The highest BCUT2D eigenvalue weighted by atomic mass is 32.2. The van der Waals surface area contributed by atoms with Crippen molar-refractivity contribution in [1.29, 1.82) is 0 Å². The Balaban J connectivity index is 1.99. The van der Waals surface area contributed by atoms with Crippen molar-refractivity contribution in [2.24, 2.45) is 0 Å². The van der Waals surface area contributed by atoms with Gasteiger partial charge in [-0.05, 0) is 39.0 Å². The van der Waals surface area contributed by atoms with Crippen LogP contribution in [0.3, 0.4) is 0 Å². The highest BCUT2D eigenvalue weighted by Crippen LogP contribution is 2.39. The molecule has 20 heavy (non-hydrogen) atoms. The molecular formula is C14H22N2O2S2. The molecule has 1 aliphatic heterocycles. The van der Waals surface area contributed by atoms with Gasteiger partial charge in [0, 0.05) is 10.9 Å². The molecule has 2 aliphatic rings. The van der Waals surface area contributed by atoms with Crippen molar-refractivity contribution in [3.63, 3.8) is 0 Å². The van der Waals surface area contributed by atoms with Crippen LogP contribution >= 0.6 is 11.3 Å². The maximum Gasteiger partial charge on any atom is 0.152 e. The van der Waals surface area contributed by atoms with E-state index in [1.54, 1.807) is 11.3 Å². The molecule has 2 fully saturated rings. The van der Waals surface area contributed by atoms with Gasteiger partial charge in [0.1, 0.15) is 5.01 Å². The van der Waals surface area contributed by atoms with Crippen LogP contribution in [0.5, 0.6) is 0 Å². The second kappa shape index (κ2) is 5.07. The van der Waals surface area contributed by atoms with Crippen molar-refractivity contribution in [3.8, 4) is 0 Å². The second-order valence-electron chi connectivity index (χ2n) is 6.07. The summed E-state index contributed by atoms with van der Waals surface area (Å²) in [4.78, 5) is 5.99. The van der Waals surface area contributed by atoms with Crippen LogP contribution in [0.15, 0.2) is 0 Å². The summed E-state index contributed by atoms with van der Waals surface area (Å²) < 4.78 is 24.3. The van der Waals surface area contributed by atoms with Gasteiger partial charge in [-0.1, -0.05) is 6.92 Å². The molecule has 1 aliphatic carbocycles. The van der Waals surface area contributed by atoms with E-state index in [-0.39, 0.29) is 5.75 Å². The molecule has 1 saturated heterocycles. The SMILES string of the molecule is CCc1nc(C2(NC3CC3)CCCS(=O)(=O)C2)sc1C. The van der Waals surface area contributed by atoms with E-state index in [4.69, 9.17) is 4.98 Å². The van der Waals surface area contributed by atoms with Crippen LogP contribution in [0.2, 0.25) is 0 Å². The molecule has 0 radical (unpaired) electrons. The lowest BCUT2D eigenvalue weighted by molar-refractivity contribution is 0.322. The van der Waals surface area contributed by atoms with Crippen molar-refractivity contribution in [1.82, 2.24) is 10.3 Å². The third-order valence-corrected chi connectivity index (χ3v) is 7.28. The van der Waals surface area contributed by atoms with Gasteiger partial charge in [-0.25, -0.2) is 13.4 Å². The first-order chi connectivity index (χ1) is 9.44. The Hall–Kier alpha value is -0.460. The average molecular weight is 314 g/mol. The number of thiazole rings is 1. The van der Waals surface area contributed by atoms with Crippen molar-refractivity contribution in [3.05, 3.63) is 15.6 Å². The summed E-state index contributed by atoms with van der Waals surface area (Å²) >= 11 is 1.68. The molecule has 0 spiro atoms. The normalized spacial score (nSPS) is 29.5. The van der Waals surface area contributed by atoms with E-state index >= 15 is 0 Å². The molecule has 0 amide bonds. The van der Waals surface area contributed by atoms with Crippen LogP contribution in [0, 0.1) is 6.92 Å². The molecule has 1 aromatic heterocycles. The molecule has 0 bridgehead atoms. The van der Waals surface area contributed by atoms with Gasteiger partial charge in [0.05, 0.1) is 22.7 Å². The lowest BCUT2D eigenvalue weighted by atomic mass is 9.95. The number of nitrogens with zero attached hydrogens (tertiary/aromatic N) is 1. The number of aryl methyl sites for hydroxylation is 2. The van der Waals surface area contributed by atoms with Crippen molar-refractivity contribution in [2.75, 3.05) is 11.5 Å². The van der Waals surface area contributed by atoms with Gasteiger partial charge in [-0.15, -0.1) is 11.3 Å². The maximum atomic E-state index is 12.1. The van der Waals surface area contributed by atoms with Gasteiger partial charge >= 0.3 is 0 Å². The molecule has 0 aromatic carbocycles. The van der Waals surface area contributed by atoms with Crippen LogP contribution in [-0.2, 0) is 21.8 Å². The number of aromatic nitrogens is 1. The number of sulfone groups is 1. The van der Waals surface area contributed by atoms with Crippen LogP contribution < -0.4 is 5.32 Å². The number of rotatable bonds is 4. The Morgan fingerprint density at radius 1 is 1.45 bits per heavy atom. The maximum absolute atomic E-state index is 12.1. The van der Waals surface area contributed by atoms with Crippen LogP contribution in [-0.4, -0.2) is 30.9 Å². The number of hydrogen-bond donors (Lipinski definition) is 1. The van der Waals surface area contributed by atoms with Crippen molar-refractivity contribution >= 4 is 21.2 Å². The van der Waals surface area contributed by atoms with Crippen LogP contribution in [0.25, 0.3) is 0 Å². The largest absolute Gasteiger partial charge is 0.302 e. The van der Waals surface area contributed by atoms with Crippen molar-refractivity contribution < 1.29 is 8.42 Å². The zero-order chi connectivity index (χ0) is 14.4. The van der Waals surface area contributed by atoms with Gasteiger partial charge in [-0.2, -0.15) is 0 Å². The van der Waals surface area contributed by atoms with E-state index in [0.29, 0.717) is 11.8 Å². The Bertz CT molecular complexity index is 605. The minimum atomic E-state index is -2.96. The fourth-order valence-corrected chi connectivity index (χ4v) is 6.15. The molecule has 1 saturated carbocycles. The van der Waals surface area contributed by atoms with E-state index in [2.05, 4.69) is 19.2 Å². The molecule has 6 heteroatoms. The van der Waals surface area contributed by atoms with E-state index in [1.165, 1.54) is 4.88 Å². The highest BCUT2D eigenvalue weighted by Gasteiger charge is 2.45. The molecule has 1 unspecified atom stereocenters. The van der Waals surface area contributed by atoms with E-state index < -0.39 is 15.4 Å². The molecule has 3 rings (SSSR count). The van der Waals surface area contributed by atoms with Gasteiger partial charge in [0.25, 0.3) is 0 Å². The summed E-state index contributed by atoms with van der Waals surface area (Å²) in [6.07, 6.45) is 4.86. The molecular weight excluding hydrogens is 292 g/mol. The molecule has 4 nitrogen and oxygen atoms in total. The Morgan fingerprint density at radius 2 is 2.20 bits per heavy atom. The zero-order valence-corrected chi connectivity index (χ0v) is 13.7. The summed E-state index contributed by atoms with van der Waals surface area (Å²) in [5, 5.41) is 4.60. The smallest absolute Gasteiger partial charge is 0.152 e. The predicted molar refractivity (Wildman–Crippen MR) is 82.0 cm³/mol. The fourth-order valence-electron chi connectivity index (χ4n) is 3.04. The lowest BCUT2D eigenvalue weighted by Gasteiger charge is -2.36. The summed E-state index contributed by atoms with van der Waals surface area (Å²) in [5.41, 5.74) is 0.686. The summed E-state index contributed by atoms with van der Waals surface area (Å²) in [6.45, 7) is 4.19. The molecule has 1 N–H and O–H groups in total. The Morgan fingerprint density at radius 3 is 2.75 bits per heavy atom. The van der Waals surface area contributed by atoms with Gasteiger partial charge in [0.2, 0.25) is 0 Å². The standard InChI is InChI=1S/C14H22N2O2S2/c1-3-12-10(2)19-13(15-12)14(16-11-5-6-11)7-4-8-20(17,18)9-14/h11,16H,3-9H2,1-2H3. The molecule has 112 valence electrons. The average Bonchev–Trinajstić information content (AvgIpc) is 3.08. The minimum Gasteiger partial charge on any atom is -0.302 e. The predicted octanol–water partition coefficient (Wildman–Crippen LogP) is 2.17. The summed E-state index contributed by atoms with van der Waals surface area (Å²) in [7, 11) is -2.96. The minimum absolute atomic E-state index is 0.215. The van der Waals surface area contributed by atoms with Crippen LogP contribution in [0.4, 0.5) is 0 Å². The fraction of sp³-hybridized carbons (Fsp3) is 0.786. The van der Waals surface area contributed by atoms with E-state index in [9.17, 15) is 8.42 Å². The number of nitrogens with one attached hydrogen (secondary N) is 1. The molecule has 1 atom stereocenters. The first-order valence-electron chi connectivity index (χ1n) is 7.39.